The van der Waals surface area contributed by atoms with Gasteiger partial charge in [0.05, 0.1) is 22.4 Å². The van der Waals surface area contributed by atoms with Gasteiger partial charge in [0, 0.05) is 42.2 Å². The van der Waals surface area contributed by atoms with E-state index in [0.717, 1.165) is 130 Å². The molecule has 20 heteroatoms. The second-order valence-electron chi connectivity index (χ2n) is 17.3. The van der Waals surface area contributed by atoms with E-state index in [1.54, 1.807) is 9.36 Å². The number of hydrogen-bond acceptors (Lipinski definition) is 13. The zero-order valence-electron chi connectivity index (χ0n) is 36.8. The Morgan fingerprint density at radius 2 is 1.25 bits per heavy atom. The Bertz CT molecular complexity index is 2490. The number of carbonyl (C=O) groups is 2. The zero-order valence-corrected chi connectivity index (χ0v) is 36.8. The van der Waals surface area contributed by atoms with Crippen LogP contribution in [0.1, 0.15) is 102 Å². The van der Waals surface area contributed by atoms with Crippen LogP contribution in [0.25, 0.3) is 33.7 Å². The van der Waals surface area contributed by atoms with E-state index in [0.29, 0.717) is 29.6 Å². The summed E-state index contributed by atoms with van der Waals surface area (Å²) < 4.78 is 52.1. The summed E-state index contributed by atoms with van der Waals surface area (Å²) in [6.45, 7) is 16.5. The zero-order chi connectivity index (χ0) is 45.6. The number of fused-ring (bicyclic) bond motifs is 2. The van der Waals surface area contributed by atoms with Gasteiger partial charge >= 0.3 is 18.2 Å². The van der Waals surface area contributed by atoms with Crippen molar-refractivity contribution in [3.8, 4) is 11.9 Å². The maximum atomic E-state index is 12.4. The van der Waals surface area contributed by atoms with Gasteiger partial charge in [-0.05, 0) is 120 Å². The minimum Gasteiger partial charge on any atom is -0.475 e. The fourth-order valence-corrected chi connectivity index (χ4v) is 8.32. The first kappa shape index (κ1) is 46.1. The van der Waals surface area contributed by atoms with E-state index in [2.05, 4.69) is 56.6 Å². The number of para-hydroxylation sites is 2. The molecule has 0 spiro atoms. The number of aliphatic carboxylic acids is 1. The number of carboxylic acid groups (broad SMARTS) is 1. The van der Waals surface area contributed by atoms with Crippen LogP contribution in [0.2, 0.25) is 0 Å². The highest BCUT2D eigenvalue weighted by Gasteiger charge is 2.38. The number of benzene rings is 2. The van der Waals surface area contributed by atoms with Crippen molar-refractivity contribution in [2.75, 3.05) is 45.8 Å². The summed E-state index contributed by atoms with van der Waals surface area (Å²) in [5.74, 6) is 0.832. The van der Waals surface area contributed by atoms with Gasteiger partial charge in [-0.15, -0.1) is 0 Å². The van der Waals surface area contributed by atoms with Crippen molar-refractivity contribution in [3.63, 3.8) is 0 Å². The number of piperidine rings is 2. The molecule has 0 aliphatic carbocycles. The summed E-state index contributed by atoms with van der Waals surface area (Å²) in [6.07, 6.45) is 1.56. The van der Waals surface area contributed by atoms with Crippen LogP contribution in [0.15, 0.2) is 57.6 Å². The van der Waals surface area contributed by atoms with E-state index >= 15 is 0 Å². The number of carbonyl (C=O) groups excluding carboxylic acids is 1. The van der Waals surface area contributed by atoms with Crippen LogP contribution < -0.4 is 5.32 Å². The first-order valence-electron chi connectivity index (χ1n) is 21.9. The molecule has 3 aliphatic heterocycles. The van der Waals surface area contributed by atoms with Gasteiger partial charge < -0.3 is 34.0 Å². The number of aromatic nitrogens is 8. The normalized spacial score (nSPS) is 17.9. The molecule has 1 atom stereocenters. The molecule has 3 fully saturated rings. The number of alkyl halides is 3. The molecule has 17 nitrogen and oxygen atoms in total. The molecule has 1 amide bonds. The van der Waals surface area contributed by atoms with E-state index < -0.39 is 17.7 Å². The summed E-state index contributed by atoms with van der Waals surface area (Å²) in [7, 11) is 0. The molecular weight excluding hydrogens is 836 g/mol. The first-order valence-corrected chi connectivity index (χ1v) is 21.9. The first-order chi connectivity index (χ1) is 30.6. The van der Waals surface area contributed by atoms with Gasteiger partial charge in [0.1, 0.15) is 5.60 Å². The Labute approximate surface area is 368 Å². The molecule has 6 aromatic rings. The van der Waals surface area contributed by atoms with Crippen molar-refractivity contribution in [2.24, 2.45) is 5.92 Å². The van der Waals surface area contributed by atoms with Crippen molar-refractivity contribution >= 4 is 33.9 Å². The van der Waals surface area contributed by atoms with Crippen LogP contribution in [0.5, 0.6) is 0 Å². The third-order valence-electron chi connectivity index (χ3n) is 11.6. The fourth-order valence-electron chi connectivity index (χ4n) is 8.32. The predicted octanol–water partition coefficient (Wildman–Crippen LogP) is 7.48. The van der Waals surface area contributed by atoms with Gasteiger partial charge in [-0.3, -0.25) is 0 Å². The van der Waals surface area contributed by atoms with E-state index in [4.69, 9.17) is 33.8 Å². The Morgan fingerprint density at radius 3 is 1.72 bits per heavy atom. The number of aryl methyl sites for hydroxylation is 2. The Balaban J connectivity index is 0.000000179. The second-order valence-corrected chi connectivity index (χ2v) is 17.3. The van der Waals surface area contributed by atoms with Crippen LogP contribution in [0.3, 0.4) is 0 Å². The van der Waals surface area contributed by atoms with Gasteiger partial charge in [0.25, 0.3) is 11.9 Å². The van der Waals surface area contributed by atoms with Crippen LogP contribution >= 0.6 is 0 Å². The lowest BCUT2D eigenvalue weighted by Crippen LogP contribution is -2.39. The number of ether oxygens (including phenoxy) is 1. The monoisotopic (exact) mass is 891 g/mol. The van der Waals surface area contributed by atoms with Gasteiger partial charge in [-0.2, -0.15) is 42.7 Å². The maximum absolute atomic E-state index is 12.4. The number of likely N-dealkylation sites (tertiary alicyclic amines) is 2. The molecule has 0 saturated carbocycles. The third-order valence-corrected chi connectivity index (χ3v) is 11.6. The Morgan fingerprint density at radius 1 is 0.766 bits per heavy atom. The van der Waals surface area contributed by atoms with Crippen LogP contribution in [0.4, 0.5) is 18.0 Å². The van der Waals surface area contributed by atoms with Gasteiger partial charge in [-0.25, -0.2) is 9.59 Å². The lowest BCUT2D eigenvalue weighted by molar-refractivity contribution is -0.192. The molecule has 0 unspecified atom stereocenters. The molecule has 7 heterocycles. The predicted molar refractivity (Wildman–Crippen MR) is 229 cm³/mol. The summed E-state index contributed by atoms with van der Waals surface area (Å²) in [5, 5.41) is 30.6. The number of nitrogens with one attached hydrogen (secondary N) is 1. The highest BCUT2D eigenvalue weighted by Crippen LogP contribution is 2.31. The molecule has 344 valence electrons. The molecule has 2 aromatic carbocycles. The molecule has 9 rings (SSSR count). The molecule has 0 bridgehead atoms. The summed E-state index contributed by atoms with van der Waals surface area (Å²) in [5.41, 5.74) is 3.68. The number of halogens is 3. The highest BCUT2D eigenvalue weighted by molar-refractivity contribution is 5.83. The fraction of sp³-hybridized carbons (Fsp3) is 0.545. The Kier molecular flexibility index (Phi) is 14.3. The van der Waals surface area contributed by atoms with Crippen molar-refractivity contribution in [3.05, 3.63) is 71.7 Å². The lowest BCUT2D eigenvalue weighted by atomic mass is 9.95. The van der Waals surface area contributed by atoms with Crippen LogP contribution in [-0.2, 0) is 22.4 Å². The van der Waals surface area contributed by atoms with Crippen molar-refractivity contribution in [1.29, 1.82) is 0 Å². The second kappa shape index (κ2) is 19.9. The molecule has 64 heavy (non-hydrogen) atoms. The number of rotatable bonds is 8. The number of amides is 1. The lowest BCUT2D eigenvalue weighted by Gasteiger charge is -2.32. The molecule has 3 aliphatic rings. The quantitative estimate of drug-likeness (QED) is 0.153. The topological polar surface area (TPSA) is 196 Å². The van der Waals surface area contributed by atoms with Crippen LogP contribution in [0, 0.1) is 5.92 Å². The minimum absolute atomic E-state index is 0.193. The smallest absolute Gasteiger partial charge is 0.475 e. The van der Waals surface area contributed by atoms with E-state index in [1.807, 2.05) is 62.1 Å². The molecule has 0 radical (unpaired) electrons. The van der Waals surface area contributed by atoms with E-state index in [9.17, 15) is 18.0 Å². The van der Waals surface area contributed by atoms with Crippen molar-refractivity contribution in [2.45, 2.75) is 103 Å². The SMILES string of the molecule is CCc1nn(-c2noc(C3CCN(C[C@@H]4CCN(C(=O)OC(C)(C)C)C4)CC3)n2)c2ccccc12.CCc1nn(-c2noc(C3CCNCC3)n2)c2ccccc12.O=C(O)C(F)(F)F. The van der Waals surface area contributed by atoms with Gasteiger partial charge in [0.2, 0.25) is 11.8 Å². The average molecular weight is 892 g/mol. The highest BCUT2D eigenvalue weighted by atomic mass is 19.4. The molecule has 3 saturated heterocycles. The molecule has 2 N–H and O–H groups in total. The summed E-state index contributed by atoms with van der Waals surface area (Å²) >= 11 is 0. The van der Waals surface area contributed by atoms with Gasteiger partial charge in [-0.1, -0.05) is 50.2 Å². The average Bonchev–Trinajstić information content (AvgIpc) is 4.14. The molecular formula is C44H56F3N11O6. The Hall–Kier alpha value is -5.89. The van der Waals surface area contributed by atoms with Gasteiger partial charge in [0.15, 0.2) is 0 Å². The number of hydrogen-bond donors (Lipinski definition) is 2. The summed E-state index contributed by atoms with van der Waals surface area (Å²) in [4.78, 5) is 34.9. The van der Waals surface area contributed by atoms with Crippen molar-refractivity contribution < 1.29 is 41.6 Å². The molecule has 4 aromatic heterocycles. The van der Waals surface area contributed by atoms with E-state index in [1.165, 1.54) is 0 Å². The van der Waals surface area contributed by atoms with Crippen molar-refractivity contribution in [1.82, 2.24) is 55.0 Å². The largest absolute Gasteiger partial charge is 0.490 e. The minimum atomic E-state index is -5.08. The number of carboxylic acids is 1. The summed E-state index contributed by atoms with van der Waals surface area (Å²) in [6, 6.07) is 16.3. The van der Waals surface area contributed by atoms with E-state index in [-0.39, 0.29) is 12.0 Å². The maximum Gasteiger partial charge on any atom is 0.490 e. The number of nitrogens with zero attached hydrogens (tertiary/aromatic N) is 10. The third kappa shape index (κ3) is 11.1. The standard InChI is InChI=1S/C26H36N6O3.C16H19N5O.C2HF3O2/c1-5-21-20-8-6-7-9-22(20)32(28-21)24-27-23(35-29-24)19-11-13-30(14-12-19)16-18-10-15-31(17-18)25(33)34-26(2,3)4;1-2-13-12-5-3-4-6-14(12)21(19-13)16-18-15(22-20-16)11-7-9-17-10-8-11;3-2(4,5)1(6)7/h6-9,18-19H,5,10-17H2,1-4H3;3-6,11,17H,2,7-10H2,1H3;(H,6,7)/t18-;;/m0../s1. The van der Waals surface area contributed by atoms with Crippen LogP contribution in [-0.4, -0.2) is 124 Å².